The maximum atomic E-state index is 2.22. The molecule has 0 amide bonds. The summed E-state index contributed by atoms with van der Waals surface area (Å²) in [4.78, 5) is 0. The van der Waals surface area contributed by atoms with Crippen molar-refractivity contribution in [2.75, 3.05) is 0 Å². The third-order valence-corrected chi connectivity index (χ3v) is 1.51. The summed E-state index contributed by atoms with van der Waals surface area (Å²) >= 11 is 0. The first-order valence-electron chi connectivity index (χ1n) is 4.74. The third-order valence-electron chi connectivity index (χ3n) is 1.51. The second-order valence-corrected chi connectivity index (χ2v) is 3.20. The van der Waals surface area contributed by atoms with Gasteiger partial charge in [0.25, 0.3) is 0 Å². The lowest BCUT2D eigenvalue weighted by molar-refractivity contribution is 0.815. The van der Waals surface area contributed by atoms with Gasteiger partial charge in [-0.05, 0) is 20.3 Å². The molecule has 0 heterocycles. The fourth-order valence-corrected chi connectivity index (χ4v) is 0.809. The standard InChI is InChI=1S/C12H20/c1-4-5-6-7-8-9-10-11-12(2)3/h7-11H,4-6H2,1-3H3/b8-7+,10-9+. The summed E-state index contributed by atoms with van der Waals surface area (Å²) in [6.45, 7) is 6.42. The Balaban J connectivity index is 3.46. The molecule has 0 aliphatic carbocycles. The zero-order chi connectivity index (χ0) is 9.23. The van der Waals surface area contributed by atoms with Gasteiger partial charge >= 0.3 is 0 Å². The van der Waals surface area contributed by atoms with Crippen molar-refractivity contribution in [3.63, 3.8) is 0 Å². The van der Waals surface area contributed by atoms with Crippen LogP contribution in [0.15, 0.2) is 36.0 Å². The summed E-state index contributed by atoms with van der Waals surface area (Å²) in [6, 6.07) is 0. The lowest BCUT2D eigenvalue weighted by atomic mass is 10.2. The molecule has 0 N–H and O–H groups in total. The topological polar surface area (TPSA) is 0 Å². The van der Waals surface area contributed by atoms with E-state index in [4.69, 9.17) is 0 Å². The number of unbranched alkanes of at least 4 members (excludes halogenated alkanes) is 2. The summed E-state index contributed by atoms with van der Waals surface area (Å²) < 4.78 is 0. The Hall–Kier alpha value is -0.780. The highest BCUT2D eigenvalue weighted by atomic mass is 13.8. The van der Waals surface area contributed by atoms with E-state index in [-0.39, 0.29) is 0 Å². The molecule has 0 radical (unpaired) electrons. The number of hydrogen-bond donors (Lipinski definition) is 0. The molecule has 0 rings (SSSR count). The van der Waals surface area contributed by atoms with Crippen LogP contribution in [0.3, 0.4) is 0 Å². The molecule has 0 bridgehead atoms. The first kappa shape index (κ1) is 11.2. The molecule has 0 aliphatic rings. The average Bonchev–Trinajstić information content (AvgIpc) is 2.02. The molecule has 0 atom stereocenters. The molecule has 68 valence electrons. The molecule has 0 saturated carbocycles. The molecule has 0 aromatic heterocycles. The van der Waals surface area contributed by atoms with Gasteiger partial charge in [-0.3, -0.25) is 0 Å². The quantitative estimate of drug-likeness (QED) is 0.421. The van der Waals surface area contributed by atoms with E-state index in [1.807, 2.05) is 0 Å². The van der Waals surface area contributed by atoms with Gasteiger partial charge in [0.2, 0.25) is 0 Å². The number of hydrogen-bond acceptors (Lipinski definition) is 0. The Morgan fingerprint density at radius 1 is 1.08 bits per heavy atom. The van der Waals surface area contributed by atoms with Gasteiger partial charge in [-0.1, -0.05) is 55.7 Å². The van der Waals surface area contributed by atoms with Crippen molar-refractivity contribution in [3.05, 3.63) is 36.0 Å². The summed E-state index contributed by atoms with van der Waals surface area (Å²) in [5.74, 6) is 0. The Kier molecular flexibility index (Phi) is 7.78. The van der Waals surface area contributed by atoms with Gasteiger partial charge in [0.15, 0.2) is 0 Å². The van der Waals surface area contributed by atoms with E-state index in [2.05, 4.69) is 51.2 Å². The predicted octanol–water partition coefficient (Wildman–Crippen LogP) is 4.26. The van der Waals surface area contributed by atoms with E-state index < -0.39 is 0 Å². The van der Waals surface area contributed by atoms with Gasteiger partial charge in [0, 0.05) is 0 Å². The van der Waals surface area contributed by atoms with Crippen LogP contribution in [0.5, 0.6) is 0 Å². The first-order chi connectivity index (χ1) is 5.77. The molecular weight excluding hydrogens is 144 g/mol. The van der Waals surface area contributed by atoms with Crippen LogP contribution in [-0.2, 0) is 0 Å². The average molecular weight is 164 g/mol. The highest BCUT2D eigenvalue weighted by Gasteiger charge is 1.75. The molecule has 0 nitrogen and oxygen atoms in total. The molecule has 0 aromatic rings. The van der Waals surface area contributed by atoms with Gasteiger partial charge in [-0.15, -0.1) is 0 Å². The Bertz CT molecular complexity index is 166. The Labute approximate surface area is 76.7 Å². The maximum Gasteiger partial charge on any atom is -0.0348 e. The molecule has 0 aromatic carbocycles. The molecule has 12 heavy (non-hydrogen) atoms. The lowest BCUT2D eigenvalue weighted by Gasteiger charge is -1.85. The summed E-state index contributed by atoms with van der Waals surface area (Å²) in [6.07, 6.45) is 14.4. The molecule has 0 fully saturated rings. The fraction of sp³-hybridized carbons (Fsp3) is 0.500. The van der Waals surface area contributed by atoms with Crippen LogP contribution >= 0.6 is 0 Å². The summed E-state index contributed by atoms with van der Waals surface area (Å²) in [5, 5.41) is 0. The molecule has 0 saturated heterocycles. The van der Waals surface area contributed by atoms with Gasteiger partial charge in [-0.2, -0.15) is 0 Å². The zero-order valence-electron chi connectivity index (χ0n) is 8.51. The smallest absolute Gasteiger partial charge is 0.0348 e. The SMILES string of the molecule is CCCC/C=C/C=C/C=C(C)C. The zero-order valence-corrected chi connectivity index (χ0v) is 8.51. The van der Waals surface area contributed by atoms with Gasteiger partial charge in [-0.25, -0.2) is 0 Å². The molecule has 0 heteroatoms. The number of allylic oxidation sites excluding steroid dienone is 6. The van der Waals surface area contributed by atoms with Gasteiger partial charge < -0.3 is 0 Å². The molecular formula is C12H20. The second kappa shape index (κ2) is 8.32. The third kappa shape index (κ3) is 9.22. The van der Waals surface area contributed by atoms with Gasteiger partial charge in [0.1, 0.15) is 0 Å². The fourth-order valence-electron chi connectivity index (χ4n) is 0.809. The maximum absolute atomic E-state index is 2.22. The summed E-state index contributed by atoms with van der Waals surface area (Å²) in [5.41, 5.74) is 1.34. The Morgan fingerprint density at radius 3 is 2.42 bits per heavy atom. The van der Waals surface area contributed by atoms with Crippen molar-refractivity contribution in [1.29, 1.82) is 0 Å². The van der Waals surface area contributed by atoms with Crippen LogP contribution in [0, 0.1) is 0 Å². The van der Waals surface area contributed by atoms with Crippen LogP contribution < -0.4 is 0 Å². The van der Waals surface area contributed by atoms with Crippen molar-refractivity contribution < 1.29 is 0 Å². The minimum Gasteiger partial charge on any atom is -0.0845 e. The van der Waals surface area contributed by atoms with Crippen molar-refractivity contribution in [2.24, 2.45) is 0 Å². The van der Waals surface area contributed by atoms with E-state index in [1.165, 1.54) is 24.8 Å². The van der Waals surface area contributed by atoms with Gasteiger partial charge in [0.05, 0.1) is 0 Å². The van der Waals surface area contributed by atoms with Crippen LogP contribution in [0.25, 0.3) is 0 Å². The monoisotopic (exact) mass is 164 g/mol. The van der Waals surface area contributed by atoms with Crippen LogP contribution in [0.1, 0.15) is 40.0 Å². The van der Waals surface area contributed by atoms with Crippen molar-refractivity contribution >= 4 is 0 Å². The Morgan fingerprint density at radius 2 is 1.83 bits per heavy atom. The first-order valence-corrected chi connectivity index (χ1v) is 4.74. The molecule has 0 unspecified atom stereocenters. The normalized spacial score (nSPS) is 11.2. The largest absolute Gasteiger partial charge is 0.0845 e. The number of rotatable bonds is 5. The second-order valence-electron chi connectivity index (χ2n) is 3.20. The van der Waals surface area contributed by atoms with E-state index in [0.29, 0.717) is 0 Å². The summed E-state index contributed by atoms with van der Waals surface area (Å²) in [7, 11) is 0. The molecule has 0 aliphatic heterocycles. The highest BCUT2D eigenvalue weighted by molar-refractivity contribution is 5.13. The van der Waals surface area contributed by atoms with Crippen molar-refractivity contribution in [3.8, 4) is 0 Å². The van der Waals surface area contributed by atoms with E-state index >= 15 is 0 Å². The van der Waals surface area contributed by atoms with Crippen LogP contribution in [0.2, 0.25) is 0 Å². The van der Waals surface area contributed by atoms with E-state index in [0.717, 1.165) is 0 Å². The molecule has 0 spiro atoms. The lowest BCUT2D eigenvalue weighted by Crippen LogP contribution is -1.65. The van der Waals surface area contributed by atoms with Crippen LogP contribution in [-0.4, -0.2) is 0 Å². The van der Waals surface area contributed by atoms with Crippen LogP contribution in [0.4, 0.5) is 0 Å². The highest BCUT2D eigenvalue weighted by Crippen LogP contribution is 1.95. The predicted molar refractivity (Wildman–Crippen MR) is 57.2 cm³/mol. The van der Waals surface area contributed by atoms with E-state index in [1.54, 1.807) is 0 Å². The minimum absolute atomic E-state index is 1.20. The van der Waals surface area contributed by atoms with Crippen molar-refractivity contribution in [2.45, 2.75) is 40.0 Å². The van der Waals surface area contributed by atoms with Crippen molar-refractivity contribution in [1.82, 2.24) is 0 Å². The van der Waals surface area contributed by atoms with E-state index in [9.17, 15) is 0 Å². The minimum atomic E-state index is 1.20.